The molecule has 0 aromatic heterocycles. The summed E-state index contributed by atoms with van der Waals surface area (Å²) in [6.07, 6.45) is 1.88. The van der Waals surface area contributed by atoms with Crippen LogP contribution in [0.1, 0.15) is 29.7 Å². The third kappa shape index (κ3) is 3.47. The van der Waals surface area contributed by atoms with Crippen LogP contribution in [-0.2, 0) is 12.8 Å². The van der Waals surface area contributed by atoms with E-state index in [0.29, 0.717) is 4.47 Å². The maximum atomic E-state index is 13.6. The van der Waals surface area contributed by atoms with Crippen LogP contribution in [-0.4, -0.2) is 7.05 Å². The Morgan fingerprint density at radius 2 is 1.75 bits per heavy atom. The molecule has 0 aliphatic rings. The van der Waals surface area contributed by atoms with Crippen molar-refractivity contribution in [2.45, 2.75) is 25.8 Å². The summed E-state index contributed by atoms with van der Waals surface area (Å²) in [7, 11) is 1.91. The molecule has 0 radical (unpaired) electrons. The highest BCUT2D eigenvalue weighted by atomic mass is 79.9. The molecule has 0 fully saturated rings. The van der Waals surface area contributed by atoms with Crippen molar-refractivity contribution in [2.75, 3.05) is 7.05 Å². The van der Waals surface area contributed by atoms with Crippen LogP contribution < -0.4 is 5.32 Å². The lowest BCUT2D eigenvalue weighted by molar-refractivity contribution is 0.571. The fourth-order valence-corrected chi connectivity index (χ4v) is 2.84. The van der Waals surface area contributed by atoms with E-state index in [1.54, 1.807) is 6.07 Å². The summed E-state index contributed by atoms with van der Waals surface area (Å²) in [5.41, 5.74) is 3.53. The summed E-state index contributed by atoms with van der Waals surface area (Å²) in [6, 6.07) is 13.9. The van der Waals surface area contributed by atoms with Crippen molar-refractivity contribution in [3.63, 3.8) is 0 Å². The second kappa shape index (κ2) is 7.00. The molecule has 3 heteroatoms. The molecular weight excluding hydrogens is 317 g/mol. The highest BCUT2D eigenvalue weighted by Crippen LogP contribution is 2.28. The van der Waals surface area contributed by atoms with Gasteiger partial charge in [-0.1, -0.05) is 43.3 Å². The highest BCUT2D eigenvalue weighted by molar-refractivity contribution is 9.10. The Kier molecular flexibility index (Phi) is 5.32. The third-order valence-corrected chi connectivity index (χ3v) is 4.41. The second-order valence-corrected chi connectivity index (χ2v) is 5.65. The molecule has 0 saturated carbocycles. The molecule has 0 spiro atoms. The van der Waals surface area contributed by atoms with E-state index in [-0.39, 0.29) is 11.9 Å². The quantitative estimate of drug-likeness (QED) is 0.838. The first-order valence-corrected chi connectivity index (χ1v) is 7.64. The fraction of sp³-hybridized carbons (Fsp3) is 0.294. The number of benzene rings is 2. The summed E-state index contributed by atoms with van der Waals surface area (Å²) < 4.78 is 14.2. The largest absolute Gasteiger partial charge is 0.313 e. The number of halogens is 2. The highest BCUT2D eigenvalue weighted by Gasteiger charge is 2.15. The van der Waals surface area contributed by atoms with Gasteiger partial charge in [-0.3, -0.25) is 0 Å². The number of rotatable bonds is 5. The van der Waals surface area contributed by atoms with Gasteiger partial charge in [0.05, 0.1) is 4.47 Å². The molecule has 1 atom stereocenters. The van der Waals surface area contributed by atoms with Gasteiger partial charge in [0.25, 0.3) is 0 Å². The normalized spacial score (nSPS) is 12.4. The zero-order chi connectivity index (χ0) is 14.5. The topological polar surface area (TPSA) is 12.0 Å². The van der Waals surface area contributed by atoms with Crippen LogP contribution in [0.5, 0.6) is 0 Å². The molecule has 20 heavy (non-hydrogen) atoms. The van der Waals surface area contributed by atoms with Crippen molar-refractivity contribution in [3.05, 3.63) is 69.4 Å². The Labute approximate surface area is 128 Å². The van der Waals surface area contributed by atoms with E-state index in [9.17, 15) is 4.39 Å². The van der Waals surface area contributed by atoms with Crippen molar-refractivity contribution in [2.24, 2.45) is 0 Å². The van der Waals surface area contributed by atoms with E-state index in [2.05, 4.69) is 52.4 Å². The minimum atomic E-state index is -0.218. The molecule has 0 heterocycles. The van der Waals surface area contributed by atoms with Gasteiger partial charge >= 0.3 is 0 Å². The van der Waals surface area contributed by atoms with Crippen molar-refractivity contribution in [1.29, 1.82) is 0 Å². The molecule has 0 saturated heterocycles. The van der Waals surface area contributed by atoms with Gasteiger partial charge in [-0.2, -0.15) is 0 Å². The zero-order valence-electron chi connectivity index (χ0n) is 11.8. The van der Waals surface area contributed by atoms with Crippen molar-refractivity contribution in [1.82, 2.24) is 5.32 Å². The van der Waals surface area contributed by atoms with Crippen LogP contribution in [0.2, 0.25) is 0 Å². The van der Waals surface area contributed by atoms with Gasteiger partial charge in [0.1, 0.15) is 5.82 Å². The van der Waals surface area contributed by atoms with Crippen LogP contribution in [0, 0.1) is 5.82 Å². The predicted molar refractivity (Wildman–Crippen MR) is 85.4 cm³/mol. The summed E-state index contributed by atoms with van der Waals surface area (Å²) in [6.45, 7) is 2.15. The lowest BCUT2D eigenvalue weighted by atomic mass is 9.98. The Balaban J connectivity index is 2.21. The van der Waals surface area contributed by atoms with Crippen LogP contribution in [0.3, 0.4) is 0 Å². The molecule has 1 nitrogen and oxygen atoms in total. The maximum Gasteiger partial charge on any atom is 0.137 e. The maximum absolute atomic E-state index is 13.6. The van der Waals surface area contributed by atoms with E-state index < -0.39 is 0 Å². The van der Waals surface area contributed by atoms with Gasteiger partial charge in [-0.25, -0.2) is 4.39 Å². The average molecular weight is 336 g/mol. The minimum absolute atomic E-state index is 0.0903. The molecular formula is C17H19BrFN. The zero-order valence-corrected chi connectivity index (χ0v) is 13.4. The molecule has 0 bridgehead atoms. The van der Waals surface area contributed by atoms with Crippen molar-refractivity contribution >= 4 is 15.9 Å². The summed E-state index contributed by atoms with van der Waals surface area (Å²) in [5, 5.41) is 3.27. The van der Waals surface area contributed by atoms with Crippen molar-refractivity contribution in [3.8, 4) is 0 Å². The number of hydrogen-bond acceptors (Lipinski definition) is 1. The van der Waals surface area contributed by atoms with Gasteiger partial charge in [0.15, 0.2) is 0 Å². The molecule has 2 aromatic carbocycles. The lowest BCUT2D eigenvalue weighted by Crippen LogP contribution is -2.19. The summed E-state index contributed by atoms with van der Waals surface area (Å²) in [5.74, 6) is -0.218. The Bertz CT molecular complexity index is 566. The number of likely N-dealkylation sites (N-methyl/N-ethyl adjacent to an activating group) is 1. The average Bonchev–Trinajstić information content (AvgIpc) is 2.48. The van der Waals surface area contributed by atoms with Crippen LogP contribution in [0.25, 0.3) is 0 Å². The monoisotopic (exact) mass is 335 g/mol. The number of hydrogen-bond donors (Lipinski definition) is 1. The van der Waals surface area contributed by atoms with Crippen molar-refractivity contribution < 1.29 is 4.39 Å². The van der Waals surface area contributed by atoms with E-state index in [1.165, 1.54) is 17.2 Å². The van der Waals surface area contributed by atoms with Crippen LogP contribution >= 0.6 is 15.9 Å². The van der Waals surface area contributed by atoms with E-state index in [1.807, 2.05) is 13.1 Å². The number of nitrogens with one attached hydrogen (secondary N) is 1. The number of aryl methyl sites for hydroxylation is 1. The molecule has 2 aromatic rings. The predicted octanol–water partition coefficient (Wildman–Crippen LogP) is 4.65. The Morgan fingerprint density at radius 3 is 2.35 bits per heavy atom. The summed E-state index contributed by atoms with van der Waals surface area (Å²) >= 11 is 3.34. The standard InChI is InChI=1S/C17H19BrFN/c1-3-12-7-9-13(10-8-12)11-16(20-2)14-5-4-6-15(19)17(14)18/h4-10,16,20H,3,11H2,1-2H3. The van der Waals surface area contributed by atoms with Crippen LogP contribution in [0.15, 0.2) is 46.9 Å². The SMILES string of the molecule is CCc1ccc(CC(NC)c2cccc(F)c2Br)cc1. The molecule has 1 unspecified atom stereocenters. The summed E-state index contributed by atoms with van der Waals surface area (Å²) in [4.78, 5) is 0. The van der Waals surface area contributed by atoms with E-state index in [4.69, 9.17) is 0 Å². The second-order valence-electron chi connectivity index (χ2n) is 4.86. The van der Waals surface area contributed by atoms with Gasteiger partial charge in [-0.15, -0.1) is 0 Å². The first kappa shape index (κ1) is 15.2. The van der Waals surface area contributed by atoms with Gasteiger partial charge in [0, 0.05) is 6.04 Å². The van der Waals surface area contributed by atoms with Gasteiger partial charge < -0.3 is 5.32 Å². The Hall–Kier alpha value is -1.19. The molecule has 106 valence electrons. The molecule has 1 N–H and O–H groups in total. The Morgan fingerprint density at radius 1 is 1.10 bits per heavy atom. The first-order chi connectivity index (χ1) is 9.65. The van der Waals surface area contributed by atoms with E-state index >= 15 is 0 Å². The molecule has 0 aliphatic carbocycles. The molecule has 2 rings (SSSR count). The minimum Gasteiger partial charge on any atom is -0.313 e. The first-order valence-electron chi connectivity index (χ1n) is 6.84. The van der Waals surface area contributed by atoms with Gasteiger partial charge in [0.2, 0.25) is 0 Å². The fourth-order valence-electron chi connectivity index (χ4n) is 2.30. The lowest BCUT2D eigenvalue weighted by Gasteiger charge is -2.18. The molecule has 0 amide bonds. The molecule has 0 aliphatic heterocycles. The van der Waals surface area contributed by atoms with Gasteiger partial charge in [-0.05, 0) is 58.6 Å². The van der Waals surface area contributed by atoms with E-state index in [0.717, 1.165) is 18.4 Å². The smallest absolute Gasteiger partial charge is 0.137 e. The third-order valence-electron chi connectivity index (χ3n) is 3.58. The van der Waals surface area contributed by atoms with Crippen LogP contribution in [0.4, 0.5) is 4.39 Å².